The van der Waals surface area contributed by atoms with E-state index >= 15 is 0 Å². The number of Topliss-reactive ketones (excluding diaryl/α,β-unsaturated/α-hetero) is 1. The van der Waals surface area contributed by atoms with Crippen LogP contribution in [0.1, 0.15) is 15.9 Å². The summed E-state index contributed by atoms with van der Waals surface area (Å²) < 4.78 is 10.9. The zero-order chi connectivity index (χ0) is 13.9. The molecule has 2 aromatic carbocycles. The van der Waals surface area contributed by atoms with Gasteiger partial charge in [-0.25, -0.2) is 0 Å². The van der Waals surface area contributed by atoms with Gasteiger partial charge in [0.1, 0.15) is 11.5 Å². The van der Waals surface area contributed by atoms with Crippen LogP contribution in [0.3, 0.4) is 0 Å². The van der Waals surface area contributed by atoms with Gasteiger partial charge in [0.25, 0.3) is 0 Å². The molecule has 102 valence electrons. The van der Waals surface area contributed by atoms with Crippen molar-refractivity contribution >= 4 is 17.4 Å². The Balaban J connectivity index is 1.67. The summed E-state index contributed by atoms with van der Waals surface area (Å²) in [6, 6.07) is 12.5. The van der Waals surface area contributed by atoms with Gasteiger partial charge in [0.15, 0.2) is 12.4 Å². The van der Waals surface area contributed by atoms with Crippen molar-refractivity contribution in [1.82, 2.24) is 0 Å². The second-order valence-electron chi connectivity index (χ2n) is 4.59. The van der Waals surface area contributed by atoms with Gasteiger partial charge in [-0.3, -0.25) is 4.79 Å². The molecule has 4 heteroatoms. The van der Waals surface area contributed by atoms with E-state index in [-0.39, 0.29) is 12.4 Å². The lowest BCUT2D eigenvalue weighted by molar-refractivity contribution is 0.0921. The first-order valence-electron chi connectivity index (χ1n) is 6.40. The molecule has 0 N–H and O–H groups in total. The Hall–Kier alpha value is -2.00. The van der Waals surface area contributed by atoms with Crippen LogP contribution in [-0.2, 0) is 6.42 Å². The summed E-state index contributed by atoms with van der Waals surface area (Å²) in [6.45, 7) is 0.686. The first-order valence-corrected chi connectivity index (χ1v) is 6.77. The van der Waals surface area contributed by atoms with Crippen LogP contribution in [0, 0.1) is 0 Å². The normalized spacial score (nSPS) is 12.7. The van der Waals surface area contributed by atoms with E-state index in [9.17, 15) is 4.79 Å². The molecule has 3 rings (SSSR count). The molecule has 0 unspecified atom stereocenters. The van der Waals surface area contributed by atoms with Crippen molar-refractivity contribution in [3.8, 4) is 11.5 Å². The van der Waals surface area contributed by atoms with Gasteiger partial charge in [0.05, 0.1) is 6.61 Å². The molecule has 0 atom stereocenters. The molecule has 0 amide bonds. The third-order valence-electron chi connectivity index (χ3n) is 3.18. The molecule has 20 heavy (non-hydrogen) atoms. The van der Waals surface area contributed by atoms with Crippen LogP contribution in [-0.4, -0.2) is 19.0 Å². The fraction of sp³-hybridized carbons (Fsp3) is 0.188. The van der Waals surface area contributed by atoms with Gasteiger partial charge in [-0.05, 0) is 42.0 Å². The van der Waals surface area contributed by atoms with Gasteiger partial charge in [0.2, 0.25) is 0 Å². The van der Waals surface area contributed by atoms with E-state index in [1.165, 1.54) is 0 Å². The first-order chi connectivity index (χ1) is 9.72. The number of fused-ring (bicyclic) bond motifs is 1. The lowest BCUT2D eigenvalue weighted by Gasteiger charge is -2.07. The Morgan fingerprint density at radius 3 is 3.00 bits per heavy atom. The van der Waals surface area contributed by atoms with Gasteiger partial charge in [-0.1, -0.05) is 17.7 Å². The number of hydrogen-bond donors (Lipinski definition) is 0. The Bertz CT molecular complexity index is 652. The molecule has 0 spiro atoms. The Kier molecular flexibility index (Phi) is 3.61. The van der Waals surface area contributed by atoms with Crippen LogP contribution in [0.2, 0.25) is 5.02 Å². The maximum Gasteiger partial charge on any atom is 0.200 e. The number of carbonyl (C=O) groups is 1. The molecular weight excluding hydrogens is 276 g/mol. The molecule has 0 radical (unpaired) electrons. The number of carbonyl (C=O) groups excluding carboxylic acids is 1. The lowest BCUT2D eigenvalue weighted by Crippen LogP contribution is -2.11. The van der Waals surface area contributed by atoms with Crippen molar-refractivity contribution in [3.05, 3.63) is 58.6 Å². The summed E-state index contributed by atoms with van der Waals surface area (Å²) in [7, 11) is 0. The van der Waals surface area contributed by atoms with E-state index in [0.29, 0.717) is 22.9 Å². The summed E-state index contributed by atoms with van der Waals surface area (Å²) in [5.74, 6) is 1.41. The molecule has 0 saturated carbocycles. The van der Waals surface area contributed by atoms with Crippen LogP contribution in [0.4, 0.5) is 0 Å². The highest BCUT2D eigenvalue weighted by molar-refractivity contribution is 6.30. The highest BCUT2D eigenvalue weighted by Crippen LogP contribution is 2.26. The molecule has 0 aliphatic carbocycles. The topological polar surface area (TPSA) is 35.5 Å². The number of benzene rings is 2. The predicted octanol–water partition coefficient (Wildman–Crippen LogP) is 3.54. The van der Waals surface area contributed by atoms with Crippen LogP contribution in [0.15, 0.2) is 42.5 Å². The van der Waals surface area contributed by atoms with Crippen molar-refractivity contribution in [3.63, 3.8) is 0 Å². The van der Waals surface area contributed by atoms with Crippen LogP contribution < -0.4 is 9.47 Å². The van der Waals surface area contributed by atoms with Crippen molar-refractivity contribution in [1.29, 1.82) is 0 Å². The summed E-state index contributed by atoms with van der Waals surface area (Å²) in [6.07, 6.45) is 0.853. The average Bonchev–Trinajstić information content (AvgIpc) is 2.92. The molecule has 2 aromatic rings. The lowest BCUT2D eigenvalue weighted by atomic mass is 10.1. The van der Waals surface area contributed by atoms with Crippen molar-refractivity contribution in [2.24, 2.45) is 0 Å². The average molecular weight is 289 g/mol. The van der Waals surface area contributed by atoms with E-state index in [2.05, 4.69) is 0 Å². The van der Waals surface area contributed by atoms with Crippen molar-refractivity contribution in [2.45, 2.75) is 6.42 Å². The minimum absolute atomic E-state index is 0.0000139. The van der Waals surface area contributed by atoms with E-state index in [1.807, 2.05) is 12.1 Å². The zero-order valence-electron chi connectivity index (χ0n) is 10.8. The largest absolute Gasteiger partial charge is 0.493 e. The van der Waals surface area contributed by atoms with Crippen LogP contribution >= 0.6 is 11.6 Å². The molecule has 0 bridgehead atoms. The van der Waals surface area contributed by atoms with Crippen LogP contribution in [0.25, 0.3) is 0 Å². The standard InChI is InChI=1S/C16H13ClO3/c17-13-2-1-3-14(9-13)20-10-15(18)11-4-5-16-12(8-11)6-7-19-16/h1-5,8-9H,6-7,10H2. The van der Waals surface area contributed by atoms with Crippen molar-refractivity contribution < 1.29 is 14.3 Å². The highest BCUT2D eigenvalue weighted by atomic mass is 35.5. The summed E-state index contributed by atoms with van der Waals surface area (Å²) >= 11 is 5.86. The highest BCUT2D eigenvalue weighted by Gasteiger charge is 2.15. The maximum absolute atomic E-state index is 12.1. The number of ketones is 1. The fourth-order valence-electron chi connectivity index (χ4n) is 2.15. The molecule has 0 aromatic heterocycles. The van der Waals surface area contributed by atoms with E-state index < -0.39 is 0 Å². The molecule has 1 heterocycles. The van der Waals surface area contributed by atoms with Gasteiger partial charge in [-0.2, -0.15) is 0 Å². The summed E-state index contributed by atoms with van der Waals surface area (Å²) in [5, 5.41) is 0.588. The van der Waals surface area contributed by atoms with Gasteiger partial charge >= 0.3 is 0 Å². The Morgan fingerprint density at radius 2 is 2.15 bits per heavy atom. The molecule has 0 fully saturated rings. The SMILES string of the molecule is O=C(COc1cccc(Cl)c1)c1ccc2c(c1)CCO2. The molecule has 1 aliphatic rings. The van der Waals surface area contributed by atoms with E-state index in [1.54, 1.807) is 30.3 Å². The minimum atomic E-state index is -0.0559. The molecule has 0 saturated heterocycles. The number of ether oxygens (including phenoxy) is 2. The van der Waals surface area contributed by atoms with Gasteiger partial charge < -0.3 is 9.47 Å². The molecular formula is C16H13ClO3. The summed E-state index contributed by atoms with van der Waals surface area (Å²) in [4.78, 5) is 12.1. The van der Waals surface area contributed by atoms with Gasteiger partial charge in [-0.15, -0.1) is 0 Å². The Morgan fingerprint density at radius 1 is 1.25 bits per heavy atom. The maximum atomic E-state index is 12.1. The molecule has 3 nitrogen and oxygen atoms in total. The third kappa shape index (κ3) is 2.78. The zero-order valence-corrected chi connectivity index (χ0v) is 11.5. The van der Waals surface area contributed by atoms with E-state index in [4.69, 9.17) is 21.1 Å². The van der Waals surface area contributed by atoms with Gasteiger partial charge in [0, 0.05) is 17.0 Å². The van der Waals surface area contributed by atoms with E-state index in [0.717, 1.165) is 17.7 Å². The number of hydrogen-bond acceptors (Lipinski definition) is 3. The predicted molar refractivity (Wildman–Crippen MR) is 76.9 cm³/mol. The van der Waals surface area contributed by atoms with Crippen LogP contribution in [0.5, 0.6) is 11.5 Å². The third-order valence-corrected chi connectivity index (χ3v) is 3.41. The number of halogens is 1. The Labute approximate surface area is 122 Å². The monoisotopic (exact) mass is 288 g/mol. The summed E-state index contributed by atoms with van der Waals surface area (Å²) in [5.41, 5.74) is 1.73. The quantitative estimate of drug-likeness (QED) is 0.807. The number of rotatable bonds is 4. The first kappa shape index (κ1) is 13.0. The minimum Gasteiger partial charge on any atom is -0.493 e. The smallest absolute Gasteiger partial charge is 0.200 e. The second-order valence-corrected chi connectivity index (χ2v) is 5.03. The fourth-order valence-corrected chi connectivity index (χ4v) is 2.33. The molecule has 1 aliphatic heterocycles. The van der Waals surface area contributed by atoms with Crippen molar-refractivity contribution in [2.75, 3.05) is 13.2 Å². The second kappa shape index (κ2) is 5.55.